The number of nitrogens with zero attached hydrogens (tertiary/aromatic N) is 1. The summed E-state index contributed by atoms with van der Waals surface area (Å²) in [5.41, 5.74) is 5.42. The molecule has 0 spiro atoms. The van der Waals surface area contributed by atoms with Gasteiger partial charge in [0.05, 0.1) is 6.54 Å². The van der Waals surface area contributed by atoms with E-state index in [1.54, 1.807) is 6.07 Å². The first-order chi connectivity index (χ1) is 12.7. The summed E-state index contributed by atoms with van der Waals surface area (Å²) >= 11 is 0. The number of piperidine rings is 1. The van der Waals surface area contributed by atoms with E-state index in [4.69, 9.17) is 5.73 Å². The average molecular weight is 387 g/mol. The number of primary amides is 1. The molecule has 0 aliphatic carbocycles. The van der Waals surface area contributed by atoms with Gasteiger partial charge in [-0.05, 0) is 37.8 Å². The van der Waals surface area contributed by atoms with Gasteiger partial charge >= 0.3 is 6.36 Å². The van der Waals surface area contributed by atoms with Crippen LogP contribution in [0.5, 0.6) is 5.75 Å². The predicted octanol–water partition coefficient (Wildman–Crippen LogP) is 2.18. The maximum atomic E-state index is 12.4. The zero-order valence-electron chi connectivity index (χ0n) is 14.9. The number of hydrogen-bond donors (Lipinski definition) is 2. The number of alkyl halides is 3. The second-order valence-electron chi connectivity index (χ2n) is 6.68. The molecular weight excluding hydrogens is 363 g/mol. The molecule has 150 valence electrons. The van der Waals surface area contributed by atoms with E-state index >= 15 is 0 Å². The van der Waals surface area contributed by atoms with E-state index in [9.17, 15) is 22.8 Å². The van der Waals surface area contributed by atoms with Crippen molar-refractivity contribution in [2.45, 2.75) is 38.6 Å². The van der Waals surface area contributed by atoms with Crippen molar-refractivity contribution in [1.29, 1.82) is 0 Å². The third-order valence-corrected chi connectivity index (χ3v) is 4.44. The number of ether oxygens (including phenoxy) is 1. The summed E-state index contributed by atoms with van der Waals surface area (Å²) in [6.45, 7) is 1.59. The van der Waals surface area contributed by atoms with Crippen LogP contribution in [0, 0.1) is 5.92 Å². The molecule has 1 aromatic carbocycles. The molecule has 2 rings (SSSR count). The number of carbonyl (C=O) groups is 2. The highest BCUT2D eigenvalue weighted by atomic mass is 19.4. The maximum absolute atomic E-state index is 12.4. The molecule has 3 N–H and O–H groups in total. The lowest BCUT2D eigenvalue weighted by Crippen LogP contribution is -2.42. The van der Waals surface area contributed by atoms with Crippen LogP contribution < -0.4 is 15.8 Å². The average Bonchev–Trinajstić information content (AvgIpc) is 2.58. The predicted molar refractivity (Wildman–Crippen MR) is 92.6 cm³/mol. The fourth-order valence-electron chi connectivity index (χ4n) is 3.20. The Kier molecular flexibility index (Phi) is 7.46. The van der Waals surface area contributed by atoms with Gasteiger partial charge < -0.3 is 15.8 Å². The van der Waals surface area contributed by atoms with Gasteiger partial charge in [0.2, 0.25) is 11.8 Å². The molecule has 1 saturated heterocycles. The third-order valence-electron chi connectivity index (χ3n) is 4.44. The van der Waals surface area contributed by atoms with E-state index in [0.717, 1.165) is 19.4 Å². The number of rotatable bonds is 8. The number of carbonyl (C=O) groups excluding carboxylic acids is 2. The molecule has 1 atom stereocenters. The van der Waals surface area contributed by atoms with Crippen LogP contribution in [0.15, 0.2) is 24.3 Å². The van der Waals surface area contributed by atoms with Crippen molar-refractivity contribution in [2.75, 3.05) is 19.6 Å². The number of para-hydroxylation sites is 1. The topological polar surface area (TPSA) is 84.7 Å². The zero-order chi connectivity index (χ0) is 19.9. The smallest absolute Gasteiger partial charge is 0.405 e. The number of halogens is 3. The lowest BCUT2D eigenvalue weighted by Gasteiger charge is -2.32. The molecule has 0 radical (unpaired) electrons. The monoisotopic (exact) mass is 387 g/mol. The Balaban J connectivity index is 1.82. The Labute approximate surface area is 155 Å². The van der Waals surface area contributed by atoms with Gasteiger partial charge in [0.15, 0.2) is 0 Å². The number of hydrogen-bond acceptors (Lipinski definition) is 4. The highest BCUT2D eigenvalue weighted by molar-refractivity contribution is 5.78. The number of likely N-dealkylation sites (tertiary alicyclic amines) is 1. The third kappa shape index (κ3) is 7.86. The fraction of sp³-hybridized carbons (Fsp3) is 0.556. The van der Waals surface area contributed by atoms with Crippen LogP contribution in [0.2, 0.25) is 0 Å². The van der Waals surface area contributed by atoms with E-state index in [-0.39, 0.29) is 36.2 Å². The molecule has 9 heteroatoms. The van der Waals surface area contributed by atoms with E-state index in [1.165, 1.54) is 18.2 Å². The first-order valence-electron chi connectivity index (χ1n) is 8.84. The van der Waals surface area contributed by atoms with Crippen LogP contribution in [-0.2, 0) is 16.1 Å². The van der Waals surface area contributed by atoms with E-state index in [0.29, 0.717) is 25.3 Å². The van der Waals surface area contributed by atoms with E-state index in [2.05, 4.69) is 10.1 Å². The van der Waals surface area contributed by atoms with Gasteiger partial charge in [-0.1, -0.05) is 18.2 Å². The van der Waals surface area contributed by atoms with Gasteiger partial charge in [0.25, 0.3) is 0 Å². The molecule has 27 heavy (non-hydrogen) atoms. The first-order valence-corrected chi connectivity index (χ1v) is 8.84. The molecule has 1 aliphatic rings. The Hall–Kier alpha value is -2.29. The number of amides is 2. The quantitative estimate of drug-likeness (QED) is 0.716. The van der Waals surface area contributed by atoms with E-state index in [1.807, 2.05) is 4.90 Å². The molecular formula is C18H24F3N3O3. The maximum Gasteiger partial charge on any atom is 0.573 e. The largest absolute Gasteiger partial charge is 0.573 e. The van der Waals surface area contributed by atoms with Crippen LogP contribution >= 0.6 is 0 Å². The van der Waals surface area contributed by atoms with Gasteiger partial charge in [0, 0.05) is 25.1 Å². The Morgan fingerprint density at radius 1 is 1.30 bits per heavy atom. The Bertz CT molecular complexity index is 652. The zero-order valence-corrected chi connectivity index (χ0v) is 14.9. The van der Waals surface area contributed by atoms with Gasteiger partial charge in [-0.25, -0.2) is 0 Å². The van der Waals surface area contributed by atoms with Crippen LogP contribution in [-0.4, -0.2) is 42.7 Å². The fourth-order valence-corrected chi connectivity index (χ4v) is 3.20. The summed E-state index contributed by atoms with van der Waals surface area (Å²) < 4.78 is 41.3. The minimum atomic E-state index is -4.78. The summed E-state index contributed by atoms with van der Waals surface area (Å²) in [5, 5.41) is 2.64. The normalized spacial score (nSPS) is 18.1. The summed E-state index contributed by atoms with van der Waals surface area (Å²) in [4.78, 5) is 25.1. The van der Waals surface area contributed by atoms with Crippen molar-refractivity contribution < 1.29 is 27.5 Å². The van der Waals surface area contributed by atoms with Crippen molar-refractivity contribution in [3.63, 3.8) is 0 Å². The molecule has 0 aromatic heterocycles. The van der Waals surface area contributed by atoms with Crippen molar-refractivity contribution in [3.8, 4) is 5.75 Å². The van der Waals surface area contributed by atoms with Crippen molar-refractivity contribution >= 4 is 11.8 Å². The number of nitrogens with two attached hydrogens (primary N) is 1. The molecule has 0 bridgehead atoms. The molecule has 1 fully saturated rings. The molecule has 1 aliphatic heterocycles. The molecule has 1 unspecified atom stereocenters. The van der Waals surface area contributed by atoms with Crippen LogP contribution in [0.4, 0.5) is 13.2 Å². The molecule has 0 saturated carbocycles. The van der Waals surface area contributed by atoms with Crippen molar-refractivity contribution in [1.82, 2.24) is 10.2 Å². The lowest BCUT2D eigenvalue weighted by molar-refractivity contribution is -0.274. The summed E-state index contributed by atoms with van der Waals surface area (Å²) in [6.07, 6.45) is -1.82. The summed E-state index contributed by atoms with van der Waals surface area (Å²) in [7, 11) is 0. The summed E-state index contributed by atoms with van der Waals surface area (Å²) in [6, 6.07) is 5.70. The van der Waals surface area contributed by atoms with Gasteiger partial charge in [-0.3, -0.25) is 14.5 Å². The summed E-state index contributed by atoms with van der Waals surface area (Å²) in [5.74, 6) is -0.605. The Morgan fingerprint density at radius 2 is 2.04 bits per heavy atom. The minimum Gasteiger partial charge on any atom is -0.405 e. The van der Waals surface area contributed by atoms with Crippen LogP contribution in [0.3, 0.4) is 0 Å². The molecule has 1 heterocycles. The van der Waals surface area contributed by atoms with Gasteiger partial charge in [-0.15, -0.1) is 13.2 Å². The van der Waals surface area contributed by atoms with Gasteiger partial charge in [0.1, 0.15) is 5.75 Å². The Morgan fingerprint density at radius 3 is 2.74 bits per heavy atom. The highest BCUT2D eigenvalue weighted by Gasteiger charge is 2.32. The van der Waals surface area contributed by atoms with Gasteiger partial charge in [-0.2, -0.15) is 0 Å². The molecule has 1 aromatic rings. The van der Waals surface area contributed by atoms with Crippen molar-refractivity contribution in [3.05, 3.63) is 29.8 Å². The van der Waals surface area contributed by atoms with Crippen molar-refractivity contribution in [2.24, 2.45) is 11.7 Å². The molecule has 2 amide bonds. The second-order valence-corrected chi connectivity index (χ2v) is 6.68. The standard InChI is InChI=1S/C18H24F3N3O3/c19-18(20,21)27-15-6-2-1-5-14(15)10-23-17(26)12-24-9-3-4-13(11-24)7-8-16(22)25/h1-2,5-6,13H,3-4,7-12H2,(H2,22,25)(H,23,26). The second kappa shape index (κ2) is 9.59. The number of nitrogens with one attached hydrogen (secondary N) is 1. The van der Waals surface area contributed by atoms with Crippen LogP contribution in [0.25, 0.3) is 0 Å². The first kappa shape index (κ1) is 21.0. The van der Waals surface area contributed by atoms with Crippen LogP contribution in [0.1, 0.15) is 31.2 Å². The number of benzene rings is 1. The minimum absolute atomic E-state index is 0.0516. The van der Waals surface area contributed by atoms with E-state index < -0.39 is 6.36 Å². The molecule has 6 nitrogen and oxygen atoms in total. The SMILES string of the molecule is NC(=O)CCC1CCCN(CC(=O)NCc2ccccc2OC(F)(F)F)C1. The lowest BCUT2D eigenvalue weighted by atomic mass is 9.93. The highest BCUT2D eigenvalue weighted by Crippen LogP contribution is 2.26.